The van der Waals surface area contributed by atoms with E-state index in [1.807, 2.05) is 0 Å². The van der Waals surface area contributed by atoms with Gasteiger partial charge < -0.3 is 13.9 Å². The molecule has 1 heterocycles. The molecule has 0 aliphatic heterocycles. The third-order valence-electron chi connectivity index (χ3n) is 3.50. The molecule has 1 N–H and O–H groups in total. The Hall–Kier alpha value is -3.09. The number of methoxy groups -OCH3 is 1. The van der Waals surface area contributed by atoms with Crippen LogP contribution in [0, 0.1) is 6.92 Å². The third-order valence-corrected chi connectivity index (χ3v) is 3.50. The Balaban J connectivity index is 2.37. The van der Waals surface area contributed by atoms with Gasteiger partial charge in [-0.15, -0.1) is 0 Å². The van der Waals surface area contributed by atoms with E-state index in [9.17, 15) is 14.4 Å². The Bertz CT molecular complexity index is 804. The Kier molecular flexibility index (Phi) is 5.59. The van der Waals surface area contributed by atoms with Gasteiger partial charge in [-0.2, -0.15) is 0 Å². The van der Waals surface area contributed by atoms with Crippen molar-refractivity contribution in [3.63, 3.8) is 0 Å². The fourth-order valence-electron chi connectivity index (χ4n) is 2.37. The quantitative estimate of drug-likeness (QED) is 0.638. The molecule has 0 saturated heterocycles. The molecular weight excluding hydrogens is 326 g/mol. The Morgan fingerprint density at radius 2 is 1.76 bits per heavy atom. The molecule has 7 heteroatoms. The number of Topliss-reactive ketones (excluding diaryl/α,β-unsaturated/α-hetero) is 1. The second-order valence-electron chi connectivity index (χ2n) is 5.20. The van der Waals surface area contributed by atoms with Crippen molar-refractivity contribution in [2.45, 2.75) is 20.8 Å². The van der Waals surface area contributed by atoms with Gasteiger partial charge in [-0.3, -0.25) is 14.9 Å². The largest absolute Gasteiger partial charge is 0.497 e. The van der Waals surface area contributed by atoms with E-state index in [2.05, 4.69) is 5.32 Å². The highest BCUT2D eigenvalue weighted by Crippen LogP contribution is 2.29. The van der Waals surface area contributed by atoms with E-state index in [0.29, 0.717) is 11.3 Å². The lowest BCUT2D eigenvalue weighted by molar-refractivity contribution is 0.0524. The van der Waals surface area contributed by atoms with Crippen molar-refractivity contribution in [3.05, 3.63) is 46.7 Å². The number of benzene rings is 1. The van der Waals surface area contributed by atoms with Crippen LogP contribution in [0.3, 0.4) is 0 Å². The molecule has 1 amide bonds. The van der Waals surface area contributed by atoms with Crippen molar-refractivity contribution >= 4 is 23.5 Å². The number of carbonyl (C=O) groups is 3. The molecule has 0 bridgehead atoms. The minimum absolute atomic E-state index is 0.0753. The number of esters is 1. The maximum atomic E-state index is 12.4. The van der Waals surface area contributed by atoms with Gasteiger partial charge in [-0.1, -0.05) is 0 Å². The summed E-state index contributed by atoms with van der Waals surface area (Å²) in [5.41, 5.74) is 0.367. The summed E-state index contributed by atoms with van der Waals surface area (Å²) in [6.45, 7) is 4.64. The van der Waals surface area contributed by atoms with E-state index in [0.717, 1.165) is 0 Å². The highest BCUT2D eigenvalue weighted by atomic mass is 16.5. The molecule has 1 aromatic heterocycles. The SMILES string of the molecule is CCOC(=O)c1c(NC(=O)c2ccc(OC)cc2)oc(C)c1C(C)=O. The molecule has 0 unspecified atom stereocenters. The van der Waals surface area contributed by atoms with Crippen molar-refractivity contribution in [1.82, 2.24) is 0 Å². The number of rotatable bonds is 6. The lowest BCUT2D eigenvalue weighted by atomic mass is 10.1. The van der Waals surface area contributed by atoms with Crippen molar-refractivity contribution in [1.29, 1.82) is 0 Å². The van der Waals surface area contributed by atoms with Crippen molar-refractivity contribution in [2.75, 3.05) is 19.0 Å². The van der Waals surface area contributed by atoms with Crippen LogP contribution in [0.25, 0.3) is 0 Å². The van der Waals surface area contributed by atoms with Crippen molar-refractivity contribution in [3.8, 4) is 5.75 Å². The van der Waals surface area contributed by atoms with Gasteiger partial charge in [0.25, 0.3) is 5.91 Å². The normalized spacial score (nSPS) is 10.2. The van der Waals surface area contributed by atoms with Gasteiger partial charge in [0.1, 0.15) is 17.1 Å². The number of furan rings is 1. The number of nitrogens with one attached hydrogen (secondary N) is 1. The van der Waals surface area contributed by atoms with Gasteiger partial charge in [0.15, 0.2) is 5.78 Å². The summed E-state index contributed by atoms with van der Waals surface area (Å²) in [5, 5.41) is 2.52. The zero-order chi connectivity index (χ0) is 18.6. The van der Waals surface area contributed by atoms with E-state index < -0.39 is 11.9 Å². The number of hydrogen-bond acceptors (Lipinski definition) is 6. The number of amides is 1. The second-order valence-corrected chi connectivity index (χ2v) is 5.20. The number of carbonyl (C=O) groups excluding carboxylic acids is 3. The monoisotopic (exact) mass is 345 g/mol. The van der Waals surface area contributed by atoms with Crippen LogP contribution < -0.4 is 10.1 Å². The minimum atomic E-state index is -0.727. The molecule has 0 spiro atoms. The van der Waals surface area contributed by atoms with Crippen LogP contribution in [0.15, 0.2) is 28.7 Å². The van der Waals surface area contributed by atoms with Gasteiger partial charge in [0.05, 0.1) is 19.3 Å². The Morgan fingerprint density at radius 1 is 1.12 bits per heavy atom. The molecule has 0 saturated carbocycles. The first-order valence-corrected chi connectivity index (χ1v) is 7.65. The Morgan fingerprint density at radius 3 is 2.28 bits per heavy atom. The number of hydrogen-bond donors (Lipinski definition) is 1. The van der Waals surface area contributed by atoms with Crippen LogP contribution in [0.4, 0.5) is 5.88 Å². The van der Waals surface area contributed by atoms with Crippen LogP contribution in [0.1, 0.15) is 50.7 Å². The van der Waals surface area contributed by atoms with Crippen LogP contribution in [0.2, 0.25) is 0 Å². The summed E-state index contributed by atoms with van der Waals surface area (Å²) in [6, 6.07) is 6.41. The highest BCUT2D eigenvalue weighted by molar-refractivity contribution is 6.12. The Labute approximate surface area is 144 Å². The molecule has 25 heavy (non-hydrogen) atoms. The standard InChI is InChI=1S/C18H19NO6/c1-5-24-18(22)15-14(10(2)20)11(3)25-17(15)19-16(21)12-6-8-13(23-4)9-7-12/h6-9H,5H2,1-4H3,(H,19,21). The predicted octanol–water partition coefficient (Wildman–Crippen LogP) is 3.23. The first-order chi connectivity index (χ1) is 11.9. The van der Waals surface area contributed by atoms with Crippen molar-refractivity contribution in [2.24, 2.45) is 0 Å². The predicted molar refractivity (Wildman–Crippen MR) is 90.4 cm³/mol. The molecule has 0 aliphatic carbocycles. The zero-order valence-corrected chi connectivity index (χ0v) is 14.5. The van der Waals surface area contributed by atoms with Crippen LogP contribution in [-0.4, -0.2) is 31.4 Å². The fraction of sp³-hybridized carbons (Fsp3) is 0.278. The maximum absolute atomic E-state index is 12.4. The van der Waals surface area contributed by atoms with E-state index in [-0.39, 0.29) is 35.2 Å². The van der Waals surface area contributed by atoms with Gasteiger partial charge in [-0.05, 0) is 45.0 Å². The summed E-state index contributed by atoms with van der Waals surface area (Å²) < 4.78 is 15.4. The molecule has 2 rings (SSSR count). The molecule has 132 valence electrons. The summed E-state index contributed by atoms with van der Waals surface area (Å²) in [4.78, 5) is 36.4. The molecule has 0 aliphatic rings. The van der Waals surface area contributed by atoms with Gasteiger partial charge in [0.2, 0.25) is 5.88 Å². The summed E-state index contributed by atoms with van der Waals surface area (Å²) in [6.07, 6.45) is 0. The van der Waals surface area contributed by atoms with Crippen LogP contribution in [-0.2, 0) is 4.74 Å². The number of ether oxygens (including phenoxy) is 2. The average Bonchev–Trinajstić information content (AvgIpc) is 2.91. The second kappa shape index (κ2) is 7.65. The minimum Gasteiger partial charge on any atom is -0.497 e. The van der Waals surface area contributed by atoms with E-state index >= 15 is 0 Å². The summed E-state index contributed by atoms with van der Waals surface area (Å²) in [5.74, 6) is -0.833. The maximum Gasteiger partial charge on any atom is 0.344 e. The molecule has 7 nitrogen and oxygen atoms in total. The summed E-state index contributed by atoms with van der Waals surface area (Å²) in [7, 11) is 1.52. The van der Waals surface area contributed by atoms with Gasteiger partial charge in [-0.25, -0.2) is 4.79 Å². The topological polar surface area (TPSA) is 94.8 Å². The van der Waals surface area contributed by atoms with Crippen LogP contribution >= 0.6 is 0 Å². The lowest BCUT2D eigenvalue weighted by Crippen LogP contribution is -2.16. The molecule has 0 fully saturated rings. The molecule has 2 aromatic rings. The zero-order valence-electron chi connectivity index (χ0n) is 14.5. The highest BCUT2D eigenvalue weighted by Gasteiger charge is 2.28. The molecular formula is C18H19NO6. The van der Waals surface area contributed by atoms with Crippen LogP contribution in [0.5, 0.6) is 5.75 Å². The molecule has 0 atom stereocenters. The lowest BCUT2D eigenvalue weighted by Gasteiger charge is -2.07. The molecule has 0 radical (unpaired) electrons. The number of anilines is 1. The number of ketones is 1. The van der Waals surface area contributed by atoms with Gasteiger partial charge in [0, 0.05) is 5.56 Å². The average molecular weight is 345 g/mol. The first-order valence-electron chi connectivity index (χ1n) is 7.65. The smallest absolute Gasteiger partial charge is 0.344 e. The first kappa shape index (κ1) is 18.3. The van der Waals surface area contributed by atoms with E-state index in [4.69, 9.17) is 13.9 Å². The van der Waals surface area contributed by atoms with Crippen molar-refractivity contribution < 1.29 is 28.3 Å². The molecule has 1 aromatic carbocycles. The third kappa shape index (κ3) is 3.88. The van der Waals surface area contributed by atoms with E-state index in [1.165, 1.54) is 14.0 Å². The number of aryl methyl sites for hydroxylation is 1. The fourth-order valence-corrected chi connectivity index (χ4v) is 2.37. The van der Waals surface area contributed by atoms with Gasteiger partial charge >= 0.3 is 5.97 Å². The van der Waals surface area contributed by atoms with E-state index in [1.54, 1.807) is 38.1 Å². The summed E-state index contributed by atoms with van der Waals surface area (Å²) >= 11 is 0.